The number of aromatic amines is 1. The third kappa shape index (κ3) is 2.65. The van der Waals surface area contributed by atoms with Gasteiger partial charge < -0.3 is 10.1 Å². The van der Waals surface area contributed by atoms with Gasteiger partial charge in [-0.3, -0.25) is 0 Å². The summed E-state index contributed by atoms with van der Waals surface area (Å²) in [5.74, 6) is 0.0459. The highest BCUT2D eigenvalue weighted by molar-refractivity contribution is 5.94. The first kappa shape index (κ1) is 13.4. The molecule has 0 saturated heterocycles. The first-order chi connectivity index (χ1) is 10.2. The van der Waals surface area contributed by atoms with Crippen LogP contribution in [0.25, 0.3) is 10.9 Å². The molecule has 2 N–H and O–H groups in total. The number of benzene rings is 2. The standard InChI is InChI=1S/C17H17N3O/c1-3-12-5-7-13(8-6-12)19-20-16-14-10-11(2)4-9-15(14)18-17(16)21/h4-10,18,21H,3H2,1-2H3. The van der Waals surface area contributed by atoms with Gasteiger partial charge in [-0.2, -0.15) is 5.11 Å². The molecule has 0 fully saturated rings. The Morgan fingerprint density at radius 3 is 2.52 bits per heavy atom. The minimum absolute atomic E-state index is 0.0459. The Balaban J connectivity index is 1.98. The van der Waals surface area contributed by atoms with E-state index in [1.807, 2.05) is 49.4 Å². The van der Waals surface area contributed by atoms with Gasteiger partial charge in [0.1, 0.15) is 0 Å². The van der Waals surface area contributed by atoms with E-state index in [1.165, 1.54) is 5.56 Å². The number of azo groups is 1. The van der Waals surface area contributed by atoms with Gasteiger partial charge in [0.25, 0.3) is 0 Å². The van der Waals surface area contributed by atoms with Crippen molar-refractivity contribution in [3.05, 3.63) is 53.6 Å². The summed E-state index contributed by atoms with van der Waals surface area (Å²) in [4.78, 5) is 2.91. The Bertz CT molecular complexity index is 801. The molecule has 106 valence electrons. The van der Waals surface area contributed by atoms with Gasteiger partial charge in [0.2, 0.25) is 5.88 Å². The average molecular weight is 279 g/mol. The molecule has 4 nitrogen and oxygen atoms in total. The van der Waals surface area contributed by atoms with E-state index in [4.69, 9.17) is 0 Å². The number of aromatic nitrogens is 1. The fourth-order valence-electron chi connectivity index (χ4n) is 2.28. The van der Waals surface area contributed by atoms with Crippen molar-refractivity contribution in [3.63, 3.8) is 0 Å². The summed E-state index contributed by atoms with van der Waals surface area (Å²) < 4.78 is 0. The van der Waals surface area contributed by atoms with Gasteiger partial charge in [0, 0.05) is 5.39 Å². The van der Waals surface area contributed by atoms with Crippen molar-refractivity contribution in [2.75, 3.05) is 0 Å². The smallest absolute Gasteiger partial charge is 0.218 e. The van der Waals surface area contributed by atoms with E-state index < -0.39 is 0 Å². The highest BCUT2D eigenvalue weighted by atomic mass is 16.3. The number of hydrogen-bond acceptors (Lipinski definition) is 3. The first-order valence-electron chi connectivity index (χ1n) is 6.99. The molecule has 0 aliphatic carbocycles. The van der Waals surface area contributed by atoms with Crippen LogP contribution in [0.1, 0.15) is 18.1 Å². The van der Waals surface area contributed by atoms with Crippen molar-refractivity contribution in [2.24, 2.45) is 10.2 Å². The van der Waals surface area contributed by atoms with Crippen molar-refractivity contribution >= 4 is 22.3 Å². The van der Waals surface area contributed by atoms with E-state index in [0.717, 1.165) is 28.6 Å². The molecule has 0 radical (unpaired) electrons. The predicted molar refractivity (Wildman–Crippen MR) is 84.7 cm³/mol. The minimum Gasteiger partial charge on any atom is -0.493 e. The SMILES string of the molecule is CCc1ccc(N=Nc2c(O)[nH]c3ccc(C)cc23)cc1. The lowest BCUT2D eigenvalue weighted by atomic mass is 10.1. The number of fused-ring (bicyclic) bond motifs is 1. The molecular weight excluding hydrogens is 262 g/mol. The third-order valence-electron chi connectivity index (χ3n) is 3.52. The minimum atomic E-state index is 0.0459. The van der Waals surface area contributed by atoms with Gasteiger partial charge in [-0.05, 0) is 43.2 Å². The molecule has 3 aromatic rings. The number of aromatic hydroxyl groups is 1. The lowest BCUT2D eigenvalue weighted by molar-refractivity contribution is 0.459. The van der Waals surface area contributed by atoms with E-state index in [9.17, 15) is 5.11 Å². The molecule has 2 aromatic carbocycles. The summed E-state index contributed by atoms with van der Waals surface area (Å²) in [7, 11) is 0. The molecule has 0 aliphatic rings. The number of nitrogens with one attached hydrogen (secondary N) is 1. The van der Waals surface area contributed by atoms with Crippen LogP contribution in [0.3, 0.4) is 0 Å². The number of nitrogens with zero attached hydrogens (tertiary/aromatic N) is 2. The van der Waals surface area contributed by atoms with Gasteiger partial charge in [-0.1, -0.05) is 30.7 Å². The fourth-order valence-corrected chi connectivity index (χ4v) is 2.28. The van der Waals surface area contributed by atoms with Crippen LogP contribution in [0.2, 0.25) is 0 Å². The number of hydrogen-bond donors (Lipinski definition) is 2. The van der Waals surface area contributed by atoms with Crippen molar-refractivity contribution in [1.82, 2.24) is 4.98 Å². The monoisotopic (exact) mass is 279 g/mol. The summed E-state index contributed by atoms with van der Waals surface area (Å²) in [6.45, 7) is 4.12. The fraction of sp³-hybridized carbons (Fsp3) is 0.176. The van der Waals surface area contributed by atoms with Gasteiger partial charge in [0.15, 0.2) is 5.69 Å². The number of rotatable bonds is 3. The van der Waals surface area contributed by atoms with E-state index in [1.54, 1.807) is 0 Å². The van der Waals surface area contributed by atoms with E-state index in [-0.39, 0.29) is 5.88 Å². The second-order valence-electron chi connectivity index (χ2n) is 5.09. The summed E-state index contributed by atoms with van der Waals surface area (Å²) in [6, 6.07) is 13.8. The topological polar surface area (TPSA) is 60.7 Å². The maximum atomic E-state index is 9.98. The second kappa shape index (κ2) is 5.40. The molecule has 1 heterocycles. The van der Waals surface area contributed by atoms with Crippen LogP contribution in [-0.4, -0.2) is 10.1 Å². The van der Waals surface area contributed by atoms with E-state index >= 15 is 0 Å². The molecule has 1 aromatic heterocycles. The third-order valence-corrected chi connectivity index (χ3v) is 3.52. The van der Waals surface area contributed by atoms with Crippen molar-refractivity contribution in [2.45, 2.75) is 20.3 Å². The molecule has 0 bridgehead atoms. The van der Waals surface area contributed by atoms with Crippen LogP contribution < -0.4 is 0 Å². The van der Waals surface area contributed by atoms with Gasteiger partial charge in [-0.15, -0.1) is 5.11 Å². The van der Waals surface area contributed by atoms with Gasteiger partial charge >= 0.3 is 0 Å². The highest BCUT2D eigenvalue weighted by Crippen LogP contribution is 2.36. The van der Waals surface area contributed by atoms with Crippen molar-refractivity contribution in [3.8, 4) is 5.88 Å². The Hall–Kier alpha value is -2.62. The highest BCUT2D eigenvalue weighted by Gasteiger charge is 2.10. The lowest BCUT2D eigenvalue weighted by Crippen LogP contribution is -1.76. The molecule has 0 aliphatic heterocycles. The van der Waals surface area contributed by atoms with Gasteiger partial charge in [0.05, 0.1) is 11.2 Å². The molecular formula is C17H17N3O. The second-order valence-corrected chi connectivity index (χ2v) is 5.09. The molecule has 0 unspecified atom stereocenters. The number of H-pyrrole nitrogens is 1. The first-order valence-corrected chi connectivity index (χ1v) is 6.99. The Labute approximate surface area is 123 Å². The van der Waals surface area contributed by atoms with Gasteiger partial charge in [-0.25, -0.2) is 0 Å². The number of aryl methyl sites for hydroxylation is 2. The summed E-state index contributed by atoms with van der Waals surface area (Å²) in [6.07, 6.45) is 1.000. The maximum Gasteiger partial charge on any atom is 0.218 e. The Morgan fingerprint density at radius 1 is 1.05 bits per heavy atom. The molecule has 0 amide bonds. The van der Waals surface area contributed by atoms with Crippen molar-refractivity contribution < 1.29 is 5.11 Å². The molecule has 4 heteroatoms. The van der Waals surface area contributed by atoms with Crippen LogP contribution >= 0.6 is 0 Å². The molecule has 21 heavy (non-hydrogen) atoms. The van der Waals surface area contributed by atoms with Crippen LogP contribution in [0.15, 0.2) is 52.7 Å². The summed E-state index contributed by atoms with van der Waals surface area (Å²) >= 11 is 0. The average Bonchev–Trinajstić information content (AvgIpc) is 2.80. The molecule has 0 atom stereocenters. The zero-order valence-electron chi connectivity index (χ0n) is 12.1. The van der Waals surface area contributed by atoms with E-state index in [2.05, 4.69) is 22.1 Å². The maximum absolute atomic E-state index is 9.98. The summed E-state index contributed by atoms with van der Waals surface area (Å²) in [5, 5.41) is 19.3. The predicted octanol–water partition coefficient (Wildman–Crippen LogP) is 5.16. The zero-order chi connectivity index (χ0) is 14.8. The molecule has 0 saturated carbocycles. The Kier molecular flexibility index (Phi) is 3.44. The van der Waals surface area contributed by atoms with Crippen molar-refractivity contribution in [1.29, 1.82) is 0 Å². The summed E-state index contributed by atoms with van der Waals surface area (Å²) in [5.41, 5.74) is 4.49. The quantitative estimate of drug-likeness (QED) is 0.639. The largest absolute Gasteiger partial charge is 0.493 e. The van der Waals surface area contributed by atoms with Crippen LogP contribution in [0.4, 0.5) is 11.4 Å². The normalized spacial score (nSPS) is 11.5. The zero-order valence-corrected chi connectivity index (χ0v) is 12.1. The van der Waals surface area contributed by atoms with Crippen LogP contribution in [0.5, 0.6) is 5.88 Å². The molecule has 0 spiro atoms. The van der Waals surface area contributed by atoms with Crippen LogP contribution in [0, 0.1) is 6.92 Å². The Morgan fingerprint density at radius 2 is 1.81 bits per heavy atom. The van der Waals surface area contributed by atoms with E-state index in [0.29, 0.717) is 5.69 Å². The lowest BCUT2D eigenvalue weighted by Gasteiger charge is -1.97. The van der Waals surface area contributed by atoms with Crippen LogP contribution in [-0.2, 0) is 6.42 Å². The molecule has 3 rings (SSSR count).